The summed E-state index contributed by atoms with van der Waals surface area (Å²) in [6.07, 6.45) is 4.30. The van der Waals surface area contributed by atoms with E-state index in [0.29, 0.717) is 11.3 Å². The first-order valence-electron chi connectivity index (χ1n) is 8.04. The van der Waals surface area contributed by atoms with Gasteiger partial charge in [-0.15, -0.1) is 0 Å². The van der Waals surface area contributed by atoms with Gasteiger partial charge in [0.1, 0.15) is 5.82 Å². The summed E-state index contributed by atoms with van der Waals surface area (Å²) < 4.78 is 12.1. The standard InChI is InChI=1S/C17H23N3OS/c1-3-22(21)14-8-6-7-13(11-14)19-17-12(2)18-15-9-4-5-10-16(15)20-17/h4-5,9-10,13-14H,3,6-8,11H2,1-2H3,(H,19,20). The van der Waals surface area contributed by atoms with Gasteiger partial charge in [0.25, 0.3) is 0 Å². The number of hydrogen-bond acceptors (Lipinski definition) is 4. The van der Waals surface area contributed by atoms with Crippen LogP contribution in [0.1, 0.15) is 38.3 Å². The molecule has 1 aliphatic carbocycles. The van der Waals surface area contributed by atoms with Gasteiger partial charge in [-0.25, -0.2) is 9.97 Å². The highest BCUT2D eigenvalue weighted by Gasteiger charge is 2.26. The molecular weight excluding hydrogens is 294 g/mol. The summed E-state index contributed by atoms with van der Waals surface area (Å²) in [4.78, 5) is 9.34. The van der Waals surface area contributed by atoms with E-state index in [1.807, 2.05) is 38.1 Å². The first kappa shape index (κ1) is 15.4. The lowest BCUT2D eigenvalue weighted by Gasteiger charge is -2.29. The molecule has 5 heteroatoms. The minimum atomic E-state index is -0.696. The van der Waals surface area contributed by atoms with E-state index in [4.69, 9.17) is 4.98 Å². The van der Waals surface area contributed by atoms with Crippen molar-refractivity contribution < 1.29 is 4.21 Å². The quantitative estimate of drug-likeness (QED) is 0.938. The number of rotatable bonds is 4. The van der Waals surface area contributed by atoms with Crippen LogP contribution in [0.25, 0.3) is 11.0 Å². The average Bonchev–Trinajstić information content (AvgIpc) is 2.55. The molecule has 1 N–H and O–H groups in total. The number of fused-ring (bicyclic) bond motifs is 1. The Labute approximate surface area is 134 Å². The summed E-state index contributed by atoms with van der Waals surface area (Å²) in [5, 5.41) is 3.87. The Kier molecular flexibility index (Phi) is 4.71. The minimum absolute atomic E-state index is 0.324. The number of aryl methyl sites for hydroxylation is 1. The molecular formula is C17H23N3OS. The number of hydrogen-bond donors (Lipinski definition) is 1. The first-order valence-corrected chi connectivity index (χ1v) is 9.42. The lowest BCUT2D eigenvalue weighted by molar-refractivity contribution is 0.464. The molecule has 4 nitrogen and oxygen atoms in total. The molecule has 0 saturated heterocycles. The third kappa shape index (κ3) is 3.29. The van der Waals surface area contributed by atoms with Crippen LogP contribution in [0, 0.1) is 6.92 Å². The molecule has 2 aromatic rings. The van der Waals surface area contributed by atoms with E-state index in [9.17, 15) is 4.21 Å². The highest BCUT2D eigenvalue weighted by atomic mass is 32.2. The van der Waals surface area contributed by atoms with E-state index in [1.165, 1.54) is 0 Å². The second-order valence-corrected chi connectivity index (χ2v) is 7.95. The molecule has 0 radical (unpaired) electrons. The molecule has 3 unspecified atom stereocenters. The van der Waals surface area contributed by atoms with E-state index in [-0.39, 0.29) is 0 Å². The topological polar surface area (TPSA) is 54.9 Å². The molecule has 1 fully saturated rings. The third-order valence-electron chi connectivity index (χ3n) is 4.37. The second kappa shape index (κ2) is 6.73. The third-order valence-corrected chi connectivity index (χ3v) is 6.11. The van der Waals surface area contributed by atoms with E-state index in [2.05, 4.69) is 10.3 Å². The van der Waals surface area contributed by atoms with Gasteiger partial charge in [-0.05, 0) is 38.3 Å². The van der Waals surface area contributed by atoms with Crippen LogP contribution in [0.2, 0.25) is 0 Å². The van der Waals surface area contributed by atoms with Crippen LogP contribution >= 0.6 is 0 Å². The van der Waals surface area contributed by atoms with Gasteiger partial charge < -0.3 is 5.32 Å². The normalized spacial score (nSPS) is 23.4. The fourth-order valence-electron chi connectivity index (χ4n) is 3.17. The van der Waals surface area contributed by atoms with Crippen LogP contribution in [-0.2, 0) is 10.8 Å². The van der Waals surface area contributed by atoms with E-state index >= 15 is 0 Å². The van der Waals surface area contributed by atoms with E-state index < -0.39 is 10.8 Å². The van der Waals surface area contributed by atoms with Crippen molar-refractivity contribution in [1.29, 1.82) is 0 Å². The summed E-state index contributed by atoms with van der Waals surface area (Å²) in [5.74, 6) is 1.62. The predicted octanol–water partition coefficient (Wildman–Crippen LogP) is 3.43. The molecule has 3 atom stereocenters. The van der Waals surface area contributed by atoms with Gasteiger partial charge in [-0.1, -0.05) is 25.5 Å². The Bertz CT molecular complexity index is 689. The fourth-order valence-corrected chi connectivity index (χ4v) is 4.52. The fraction of sp³-hybridized carbons (Fsp3) is 0.529. The Hall–Kier alpha value is -1.49. The van der Waals surface area contributed by atoms with Gasteiger partial charge >= 0.3 is 0 Å². The molecule has 1 heterocycles. The van der Waals surface area contributed by atoms with Crippen molar-refractivity contribution >= 4 is 27.7 Å². The minimum Gasteiger partial charge on any atom is -0.366 e. The smallest absolute Gasteiger partial charge is 0.148 e. The van der Waals surface area contributed by atoms with Crippen molar-refractivity contribution in [2.24, 2.45) is 0 Å². The second-order valence-electron chi connectivity index (χ2n) is 5.95. The van der Waals surface area contributed by atoms with Crippen molar-refractivity contribution in [3.05, 3.63) is 30.0 Å². The lowest BCUT2D eigenvalue weighted by Crippen LogP contribution is -2.33. The molecule has 0 spiro atoms. The number of nitrogens with one attached hydrogen (secondary N) is 1. The number of benzene rings is 1. The van der Waals surface area contributed by atoms with Gasteiger partial charge in [0.15, 0.2) is 0 Å². The van der Waals surface area contributed by atoms with Gasteiger partial charge in [0.05, 0.1) is 16.7 Å². The summed E-state index contributed by atoms with van der Waals surface area (Å²) in [6.45, 7) is 4.00. The highest BCUT2D eigenvalue weighted by Crippen LogP contribution is 2.26. The van der Waals surface area contributed by atoms with E-state index in [1.54, 1.807) is 0 Å². The monoisotopic (exact) mass is 317 g/mol. The Morgan fingerprint density at radius 2 is 1.95 bits per heavy atom. The van der Waals surface area contributed by atoms with Crippen molar-refractivity contribution in [2.75, 3.05) is 11.1 Å². The molecule has 1 aliphatic rings. The maximum atomic E-state index is 12.1. The summed E-state index contributed by atoms with van der Waals surface area (Å²) >= 11 is 0. The summed E-state index contributed by atoms with van der Waals surface area (Å²) in [6, 6.07) is 8.29. The molecule has 1 aromatic carbocycles. The van der Waals surface area contributed by atoms with Crippen molar-refractivity contribution in [1.82, 2.24) is 9.97 Å². The lowest BCUT2D eigenvalue weighted by atomic mass is 9.95. The van der Waals surface area contributed by atoms with Crippen LogP contribution in [0.3, 0.4) is 0 Å². The zero-order valence-corrected chi connectivity index (χ0v) is 14.0. The zero-order chi connectivity index (χ0) is 15.5. The first-order chi connectivity index (χ1) is 10.7. The van der Waals surface area contributed by atoms with Gasteiger partial charge in [0.2, 0.25) is 0 Å². The molecule has 0 bridgehead atoms. The van der Waals surface area contributed by atoms with E-state index in [0.717, 1.165) is 54.0 Å². The van der Waals surface area contributed by atoms with Crippen LogP contribution < -0.4 is 5.32 Å². The number of nitrogens with zero attached hydrogens (tertiary/aromatic N) is 2. The van der Waals surface area contributed by atoms with Crippen molar-refractivity contribution in [3.63, 3.8) is 0 Å². The number of para-hydroxylation sites is 2. The number of anilines is 1. The van der Waals surface area contributed by atoms with Gasteiger partial charge in [-0.2, -0.15) is 0 Å². The number of aromatic nitrogens is 2. The average molecular weight is 317 g/mol. The Morgan fingerprint density at radius 3 is 2.68 bits per heavy atom. The molecule has 1 saturated carbocycles. The Balaban J connectivity index is 1.77. The van der Waals surface area contributed by atoms with Crippen LogP contribution in [0.15, 0.2) is 24.3 Å². The predicted molar refractivity (Wildman–Crippen MR) is 92.6 cm³/mol. The summed E-state index contributed by atoms with van der Waals surface area (Å²) in [5.41, 5.74) is 2.77. The Morgan fingerprint density at radius 1 is 1.23 bits per heavy atom. The van der Waals surface area contributed by atoms with Gasteiger partial charge in [-0.3, -0.25) is 4.21 Å². The molecule has 22 heavy (non-hydrogen) atoms. The summed E-state index contributed by atoms with van der Waals surface area (Å²) in [7, 11) is -0.696. The highest BCUT2D eigenvalue weighted by molar-refractivity contribution is 7.85. The van der Waals surface area contributed by atoms with Crippen LogP contribution in [0.5, 0.6) is 0 Å². The molecule has 118 valence electrons. The van der Waals surface area contributed by atoms with Crippen LogP contribution in [0.4, 0.5) is 5.82 Å². The maximum Gasteiger partial charge on any atom is 0.148 e. The van der Waals surface area contributed by atoms with Crippen molar-refractivity contribution in [3.8, 4) is 0 Å². The molecule has 0 aliphatic heterocycles. The maximum absolute atomic E-state index is 12.1. The van der Waals surface area contributed by atoms with Gasteiger partial charge in [0, 0.05) is 27.8 Å². The largest absolute Gasteiger partial charge is 0.366 e. The molecule has 0 amide bonds. The zero-order valence-electron chi connectivity index (χ0n) is 13.2. The van der Waals surface area contributed by atoms with Crippen LogP contribution in [-0.4, -0.2) is 31.2 Å². The molecule has 3 rings (SSSR count). The van der Waals surface area contributed by atoms with Crippen molar-refractivity contribution in [2.45, 2.75) is 50.8 Å². The molecule has 1 aromatic heterocycles. The SMILES string of the molecule is CCS(=O)C1CCCC(Nc2nc3ccccc3nc2C)C1.